The summed E-state index contributed by atoms with van der Waals surface area (Å²) in [6, 6.07) is 13.6. The van der Waals surface area contributed by atoms with Gasteiger partial charge in [0, 0.05) is 17.6 Å². The molecule has 0 fully saturated rings. The zero-order valence-corrected chi connectivity index (χ0v) is 12.9. The van der Waals surface area contributed by atoms with Gasteiger partial charge in [0.05, 0.1) is 5.56 Å². The summed E-state index contributed by atoms with van der Waals surface area (Å²) < 4.78 is 0.799. The molecule has 2 aromatic carbocycles. The maximum absolute atomic E-state index is 12.2. The average Bonchev–Trinajstić information content (AvgIpc) is 2.47. The second kappa shape index (κ2) is 6.68. The van der Waals surface area contributed by atoms with Crippen LogP contribution in [-0.4, -0.2) is 5.91 Å². The van der Waals surface area contributed by atoms with Gasteiger partial charge < -0.3 is 11.1 Å². The van der Waals surface area contributed by atoms with E-state index >= 15 is 0 Å². The second-order valence-corrected chi connectivity index (χ2v) is 5.49. The molecule has 0 aromatic heterocycles. The lowest BCUT2D eigenvalue weighted by atomic mass is 10.1. The Balaban J connectivity index is 2.11. The minimum absolute atomic E-state index is 0.0904. The third-order valence-corrected chi connectivity index (χ3v) is 3.84. The molecule has 1 amide bonds. The lowest BCUT2D eigenvalue weighted by molar-refractivity contribution is 0.0950. The summed E-state index contributed by atoms with van der Waals surface area (Å²) in [6.07, 6.45) is 0. The fraction of sp³-hybridized carbons (Fsp3) is 0.188. The van der Waals surface area contributed by atoms with Crippen LogP contribution in [0.4, 0.5) is 0 Å². The number of rotatable bonds is 4. The van der Waals surface area contributed by atoms with Crippen molar-refractivity contribution in [3.63, 3.8) is 0 Å². The number of nitrogens with one attached hydrogen (secondary N) is 1. The van der Waals surface area contributed by atoms with E-state index < -0.39 is 0 Å². The molecule has 20 heavy (non-hydrogen) atoms. The first-order valence-electron chi connectivity index (χ1n) is 6.43. The van der Waals surface area contributed by atoms with Crippen LogP contribution in [0.25, 0.3) is 0 Å². The number of amides is 1. The number of carbonyl (C=O) groups excluding carboxylic acids is 1. The molecule has 0 atom stereocenters. The number of hydrogen-bond donors (Lipinski definition) is 2. The van der Waals surface area contributed by atoms with E-state index in [9.17, 15) is 4.79 Å². The van der Waals surface area contributed by atoms with Crippen LogP contribution in [0.2, 0.25) is 0 Å². The Kier molecular flexibility index (Phi) is 4.93. The smallest absolute Gasteiger partial charge is 0.252 e. The largest absolute Gasteiger partial charge is 0.348 e. The van der Waals surface area contributed by atoms with E-state index in [0.29, 0.717) is 18.7 Å². The molecular weight excluding hydrogens is 316 g/mol. The van der Waals surface area contributed by atoms with Crippen molar-refractivity contribution >= 4 is 21.8 Å². The van der Waals surface area contributed by atoms with Gasteiger partial charge in [-0.1, -0.05) is 35.9 Å². The summed E-state index contributed by atoms with van der Waals surface area (Å²) in [7, 11) is 0. The van der Waals surface area contributed by atoms with Gasteiger partial charge in [-0.25, -0.2) is 0 Å². The first-order valence-corrected chi connectivity index (χ1v) is 7.22. The zero-order valence-electron chi connectivity index (χ0n) is 11.3. The minimum atomic E-state index is -0.0904. The number of hydrogen-bond acceptors (Lipinski definition) is 2. The highest BCUT2D eigenvalue weighted by Gasteiger charge is 2.10. The van der Waals surface area contributed by atoms with E-state index in [1.807, 2.05) is 49.4 Å². The van der Waals surface area contributed by atoms with Gasteiger partial charge in [-0.3, -0.25) is 4.79 Å². The van der Waals surface area contributed by atoms with Crippen LogP contribution in [0.15, 0.2) is 46.9 Å². The van der Waals surface area contributed by atoms with Crippen molar-refractivity contribution in [1.29, 1.82) is 0 Å². The van der Waals surface area contributed by atoms with Gasteiger partial charge in [-0.15, -0.1) is 0 Å². The van der Waals surface area contributed by atoms with Crippen LogP contribution in [0.5, 0.6) is 0 Å². The average molecular weight is 333 g/mol. The van der Waals surface area contributed by atoms with Gasteiger partial charge in [0.2, 0.25) is 0 Å². The van der Waals surface area contributed by atoms with Crippen LogP contribution in [0.3, 0.4) is 0 Å². The number of halogens is 1. The molecule has 0 saturated carbocycles. The molecule has 0 aliphatic carbocycles. The van der Waals surface area contributed by atoms with Crippen LogP contribution >= 0.6 is 15.9 Å². The molecule has 0 heterocycles. The predicted molar refractivity (Wildman–Crippen MR) is 84.4 cm³/mol. The van der Waals surface area contributed by atoms with E-state index in [1.54, 1.807) is 0 Å². The van der Waals surface area contributed by atoms with E-state index in [2.05, 4.69) is 21.2 Å². The van der Waals surface area contributed by atoms with Crippen molar-refractivity contribution in [3.05, 3.63) is 69.2 Å². The Hall–Kier alpha value is -1.65. The van der Waals surface area contributed by atoms with Crippen LogP contribution in [0, 0.1) is 6.92 Å². The van der Waals surface area contributed by atoms with Crippen LogP contribution < -0.4 is 11.1 Å². The molecule has 0 unspecified atom stereocenters. The fourth-order valence-electron chi connectivity index (χ4n) is 2.01. The molecule has 0 saturated heterocycles. The molecule has 2 aromatic rings. The summed E-state index contributed by atoms with van der Waals surface area (Å²) in [6.45, 7) is 2.92. The van der Waals surface area contributed by atoms with E-state index in [1.165, 1.54) is 0 Å². The monoisotopic (exact) mass is 332 g/mol. The van der Waals surface area contributed by atoms with Crippen LogP contribution in [-0.2, 0) is 13.1 Å². The molecule has 0 bridgehead atoms. The number of carbonyl (C=O) groups is 1. The summed E-state index contributed by atoms with van der Waals surface area (Å²) in [5.74, 6) is -0.0904. The molecule has 0 aliphatic heterocycles. The van der Waals surface area contributed by atoms with Crippen LogP contribution in [0.1, 0.15) is 27.0 Å². The quantitative estimate of drug-likeness (QED) is 0.903. The highest BCUT2D eigenvalue weighted by molar-refractivity contribution is 9.10. The molecule has 4 heteroatoms. The van der Waals surface area contributed by atoms with Crippen molar-refractivity contribution in [2.45, 2.75) is 20.0 Å². The van der Waals surface area contributed by atoms with Crippen molar-refractivity contribution in [3.8, 4) is 0 Å². The topological polar surface area (TPSA) is 55.1 Å². The summed E-state index contributed by atoms with van der Waals surface area (Å²) >= 11 is 3.40. The molecule has 0 radical (unpaired) electrons. The standard InChI is InChI=1S/C16H17BrN2O/c1-11-6-7-15(17)14(8-11)16(20)19-10-13-5-3-2-4-12(13)9-18/h2-8H,9-10,18H2,1H3,(H,19,20). The second-order valence-electron chi connectivity index (χ2n) is 4.64. The molecule has 3 N–H and O–H groups in total. The lowest BCUT2D eigenvalue weighted by Crippen LogP contribution is -2.24. The SMILES string of the molecule is Cc1ccc(Br)c(C(=O)NCc2ccccc2CN)c1. The third kappa shape index (κ3) is 3.46. The van der Waals surface area contributed by atoms with Gasteiger partial charge in [0.25, 0.3) is 5.91 Å². The first kappa shape index (κ1) is 14.8. The predicted octanol–water partition coefficient (Wildman–Crippen LogP) is 3.15. The van der Waals surface area contributed by atoms with Gasteiger partial charge in [-0.05, 0) is 46.1 Å². The lowest BCUT2D eigenvalue weighted by Gasteiger charge is -2.10. The van der Waals surface area contributed by atoms with Gasteiger partial charge in [0.1, 0.15) is 0 Å². The summed E-state index contributed by atoms with van der Waals surface area (Å²) in [4.78, 5) is 12.2. The number of benzene rings is 2. The Morgan fingerprint density at radius 3 is 2.60 bits per heavy atom. The summed E-state index contributed by atoms with van der Waals surface area (Å²) in [5, 5.41) is 2.93. The molecular formula is C16H17BrN2O. The van der Waals surface area contributed by atoms with Crippen molar-refractivity contribution in [2.75, 3.05) is 0 Å². The van der Waals surface area contributed by atoms with E-state index in [-0.39, 0.29) is 5.91 Å². The van der Waals surface area contributed by atoms with Gasteiger partial charge in [0.15, 0.2) is 0 Å². The van der Waals surface area contributed by atoms with Gasteiger partial charge in [-0.2, -0.15) is 0 Å². The third-order valence-electron chi connectivity index (χ3n) is 3.14. The van der Waals surface area contributed by atoms with Gasteiger partial charge >= 0.3 is 0 Å². The van der Waals surface area contributed by atoms with E-state index in [4.69, 9.17) is 5.73 Å². The maximum atomic E-state index is 12.2. The van der Waals surface area contributed by atoms with Crippen molar-refractivity contribution in [1.82, 2.24) is 5.32 Å². The first-order chi connectivity index (χ1) is 9.61. The highest BCUT2D eigenvalue weighted by Crippen LogP contribution is 2.18. The molecule has 3 nitrogen and oxygen atoms in total. The molecule has 104 valence electrons. The number of nitrogens with two attached hydrogens (primary N) is 1. The van der Waals surface area contributed by atoms with E-state index in [0.717, 1.165) is 21.2 Å². The highest BCUT2D eigenvalue weighted by atomic mass is 79.9. The molecule has 0 spiro atoms. The Labute approximate surface area is 127 Å². The Morgan fingerprint density at radius 2 is 1.90 bits per heavy atom. The Morgan fingerprint density at radius 1 is 1.20 bits per heavy atom. The molecule has 2 rings (SSSR count). The fourth-order valence-corrected chi connectivity index (χ4v) is 2.44. The normalized spacial score (nSPS) is 10.3. The maximum Gasteiger partial charge on any atom is 0.252 e. The number of aryl methyl sites for hydroxylation is 1. The van der Waals surface area contributed by atoms with Crippen molar-refractivity contribution in [2.24, 2.45) is 5.73 Å². The molecule has 0 aliphatic rings. The minimum Gasteiger partial charge on any atom is -0.348 e. The van der Waals surface area contributed by atoms with Crippen molar-refractivity contribution < 1.29 is 4.79 Å². The zero-order chi connectivity index (χ0) is 14.5. The Bertz CT molecular complexity index is 626. The summed E-state index contributed by atoms with van der Waals surface area (Å²) in [5.41, 5.74) is 9.50.